The molecular weight excluding hydrogens is 323 g/mol. The van der Waals surface area contributed by atoms with Crippen LogP contribution in [0.5, 0.6) is 0 Å². The molecule has 1 N–H and O–H groups in total. The molecule has 0 spiro atoms. The van der Waals surface area contributed by atoms with Crippen LogP contribution in [0, 0.1) is 5.82 Å². The number of fused-ring (bicyclic) bond motifs is 2. The lowest BCUT2D eigenvalue weighted by Crippen LogP contribution is -2.11. The minimum Gasteiger partial charge on any atom is -0.298 e. The van der Waals surface area contributed by atoms with Crippen molar-refractivity contribution >= 4 is 55.4 Å². The van der Waals surface area contributed by atoms with E-state index in [0.29, 0.717) is 20.9 Å². The van der Waals surface area contributed by atoms with Crippen molar-refractivity contribution in [2.45, 2.75) is 0 Å². The number of nitrogens with zero attached hydrogens (tertiary/aromatic N) is 3. The predicted octanol–water partition coefficient (Wildman–Crippen LogP) is 3.69. The number of nitrogens with one attached hydrogen (secondary N) is 1. The van der Waals surface area contributed by atoms with Crippen molar-refractivity contribution in [1.82, 2.24) is 13.7 Å². The van der Waals surface area contributed by atoms with Crippen LogP contribution >= 0.6 is 23.1 Å². The number of aromatic nitrogens is 3. The number of para-hydroxylation sites is 1. The Kier molecular flexibility index (Phi) is 3.05. The number of hydrogen-bond acceptors (Lipinski definition) is 6. The van der Waals surface area contributed by atoms with E-state index in [4.69, 9.17) is 0 Å². The van der Waals surface area contributed by atoms with Crippen LogP contribution in [-0.4, -0.2) is 19.6 Å². The number of thiazole rings is 1. The van der Waals surface area contributed by atoms with Crippen molar-refractivity contribution in [1.29, 1.82) is 0 Å². The molecule has 22 heavy (non-hydrogen) atoms. The Bertz CT molecular complexity index is 1010. The molecule has 0 saturated heterocycles. The van der Waals surface area contributed by atoms with E-state index >= 15 is 0 Å². The third-order valence-corrected chi connectivity index (χ3v) is 4.60. The quantitative estimate of drug-likeness (QED) is 0.608. The van der Waals surface area contributed by atoms with Gasteiger partial charge in [-0.2, -0.15) is 8.75 Å². The Balaban J connectivity index is 1.66. The molecule has 0 aliphatic carbocycles. The van der Waals surface area contributed by atoms with Gasteiger partial charge in [0.15, 0.2) is 5.13 Å². The summed E-state index contributed by atoms with van der Waals surface area (Å²) in [6.45, 7) is 0. The lowest BCUT2D eigenvalue weighted by atomic mass is 10.2. The minimum absolute atomic E-state index is 0.266. The van der Waals surface area contributed by atoms with E-state index in [1.54, 1.807) is 30.3 Å². The average Bonchev–Trinajstić information content (AvgIpc) is 3.13. The lowest BCUT2D eigenvalue weighted by Gasteiger charge is -2.00. The zero-order chi connectivity index (χ0) is 15.1. The fraction of sp³-hybridized carbons (Fsp3) is 0. The van der Waals surface area contributed by atoms with Gasteiger partial charge in [0.1, 0.15) is 22.4 Å². The normalized spacial score (nSPS) is 11.1. The molecule has 5 nitrogen and oxygen atoms in total. The Morgan fingerprint density at radius 2 is 2.00 bits per heavy atom. The van der Waals surface area contributed by atoms with Gasteiger partial charge in [0.05, 0.1) is 16.4 Å². The highest BCUT2D eigenvalue weighted by Gasteiger charge is 2.13. The molecule has 0 fully saturated rings. The van der Waals surface area contributed by atoms with Gasteiger partial charge in [0, 0.05) is 5.56 Å². The molecule has 1 amide bonds. The highest BCUT2D eigenvalue weighted by molar-refractivity contribution is 7.22. The number of carbonyl (C=O) groups excluding carboxylic acids is 1. The second-order valence-electron chi connectivity index (χ2n) is 4.53. The monoisotopic (exact) mass is 330 g/mol. The maximum atomic E-state index is 13.6. The van der Waals surface area contributed by atoms with Crippen LogP contribution in [0.2, 0.25) is 0 Å². The summed E-state index contributed by atoms with van der Waals surface area (Å²) in [5.41, 5.74) is 2.15. The SMILES string of the molecule is O=C(Nc1nc2c(F)cccc2s1)c1ccc2nsnc2c1. The van der Waals surface area contributed by atoms with Crippen LogP contribution < -0.4 is 5.32 Å². The molecular formula is C14H7FN4OS2. The second-order valence-corrected chi connectivity index (χ2v) is 6.09. The van der Waals surface area contributed by atoms with Crippen LogP contribution in [0.3, 0.4) is 0 Å². The fourth-order valence-corrected chi connectivity index (χ4v) is 3.45. The van der Waals surface area contributed by atoms with Gasteiger partial charge < -0.3 is 0 Å². The topological polar surface area (TPSA) is 67.8 Å². The molecule has 0 aliphatic rings. The van der Waals surface area contributed by atoms with Gasteiger partial charge in [-0.25, -0.2) is 9.37 Å². The minimum atomic E-state index is -0.399. The summed E-state index contributed by atoms with van der Waals surface area (Å²) in [5, 5.41) is 3.05. The van der Waals surface area contributed by atoms with E-state index in [1.165, 1.54) is 17.4 Å². The number of amides is 1. The van der Waals surface area contributed by atoms with Crippen LogP contribution in [0.1, 0.15) is 10.4 Å². The van der Waals surface area contributed by atoms with E-state index < -0.39 is 5.82 Å². The van der Waals surface area contributed by atoms with Gasteiger partial charge in [-0.05, 0) is 30.3 Å². The third kappa shape index (κ3) is 2.22. The van der Waals surface area contributed by atoms with Crippen molar-refractivity contribution in [3.8, 4) is 0 Å². The summed E-state index contributed by atoms with van der Waals surface area (Å²) in [6, 6.07) is 9.81. The summed E-state index contributed by atoms with van der Waals surface area (Å²) in [7, 11) is 0. The molecule has 0 atom stereocenters. The van der Waals surface area contributed by atoms with E-state index in [0.717, 1.165) is 17.2 Å². The molecule has 2 heterocycles. The molecule has 0 bridgehead atoms. The smallest absolute Gasteiger partial charge is 0.257 e. The number of benzene rings is 2. The fourth-order valence-electron chi connectivity index (χ4n) is 2.06. The highest BCUT2D eigenvalue weighted by atomic mass is 32.1. The van der Waals surface area contributed by atoms with Crippen molar-refractivity contribution in [3.05, 3.63) is 47.8 Å². The largest absolute Gasteiger partial charge is 0.298 e. The molecule has 0 aliphatic heterocycles. The number of halogens is 1. The summed E-state index contributed by atoms with van der Waals surface area (Å²) >= 11 is 2.33. The molecule has 2 aromatic carbocycles. The van der Waals surface area contributed by atoms with Gasteiger partial charge in [-0.1, -0.05) is 17.4 Å². The molecule has 0 unspecified atom stereocenters. The maximum Gasteiger partial charge on any atom is 0.257 e. The molecule has 2 aromatic heterocycles. The molecule has 8 heteroatoms. The molecule has 4 aromatic rings. The van der Waals surface area contributed by atoms with Crippen LogP contribution in [0.4, 0.5) is 9.52 Å². The van der Waals surface area contributed by atoms with Gasteiger partial charge in [0.2, 0.25) is 0 Å². The second kappa shape index (κ2) is 5.08. The van der Waals surface area contributed by atoms with E-state index in [-0.39, 0.29) is 11.4 Å². The average molecular weight is 330 g/mol. The number of anilines is 1. The van der Waals surface area contributed by atoms with E-state index in [2.05, 4.69) is 19.0 Å². The summed E-state index contributed by atoms with van der Waals surface area (Å²) in [5.74, 6) is -0.710. The zero-order valence-corrected chi connectivity index (χ0v) is 12.5. The first kappa shape index (κ1) is 13.2. The van der Waals surface area contributed by atoms with Crippen molar-refractivity contribution in [3.63, 3.8) is 0 Å². The first-order valence-corrected chi connectivity index (χ1v) is 7.84. The third-order valence-electron chi connectivity index (χ3n) is 3.11. The van der Waals surface area contributed by atoms with Crippen LogP contribution in [0.25, 0.3) is 21.3 Å². The first-order valence-electron chi connectivity index (χ1n) is 6.29. The standard InChI is InChI=1S/C14H7FN4OS2/c15-8-2-1-3-11-12(8)16-14(21-11)17-13(20)7-4-5-9-10(6-7)19-22-18-9/h1-6H,(H,16,17,20). The first-order chi connectivity index (χ1) is 10.7. The Morgan fingerprint density at radius 3 is 2.86 bits per heavy atom. The zero-order valence-electron chi connectivity index (χ0n) is 10.9. The number of hydrogen-bond donors (Lipinski definition) is 1. The highest BCUT2D eigenvalue weighted by Crippen LogP contribution is 2.28. The van der Waals surface area contributed by atoms with Gasteiger partial charge in [-0.15, -0.1) is 0 Å². The van der Waals surface area contributed by atoms with Gasteiger partial charge in [0.25, 0.3) is 5.91 Å². The summed E-state index contributed by atoms with van der Waals surface area (Å²) in [4.78, 5) is 16.4. The molecule has 108 valence electrons. The number of rotatable bonds is 2. The van der Waals surface area contributed by atoms with Gasteiger partial charge in [-0.3, -0.25) is 10.1 Å². The maximum absolute atomic E-state index is 13.6. The summed E-state index contributed by atoms with van der Waals surface area (Å²) in [6.07, 6.45) is 0. The van der Waals surface area contributed by atoms with Crippen molar-refractivity contribution in [2.75, 3.05) is 5.32 Å². The lowest BCUT2D eigenvalue weighted by molar-refractivity contribution is 0.102. The van der Waals surface area contributed by atoms with Crippen LogP contribution in [0.15, 0.2) is 36.4 Å². The molecule has 4 rings (SSSR count). The van der Waals surface area contributed by atoms with E-state index in [1.807, 2.05) is 0 Å². The van der Waals surface area contributed by atoms with E-state index in [9.17, 15) is 9.18 Å². The van der Waals surface area contributed by atoms with Crippen molar-refractivity contribution in [2.24, 2.45) is 0 Å². The number of carbonyl (C=O) groups is 1. The van der Waals surface area contributed by atoms with Crippen LogP contribution in [-0.2, 0) is 0 Å². The summed E-state index contributed by atoms with van der Waals surface area (Å²) < 4.78 is 22.5. The Hall–Kier alpha value is -2.45. The van der Waals surface area contributed by atoms with Crippen molar-refractivity contribution < 1.29 is 9.18 Å². The van der Waals surface area contributed by atoms with Gasteiger partial charge >= 0.3 is 0 Å². The Morgan fingerprint density at radius 1 is 1.14 bits per heavy atom. The Labute approximate surface area is 131 Å². The predicted molar refractivity (Wildman–Crippen MR) is 84.9 cm³/mol. The molecule has 0 radical (unpaired) electrons. The molecule has 0 saturated carbocycles.